The molecule has 3 atom stereocenters. The summed E-state index contributed by atoms with van der Waals surface area (Å²) in [7, 11) is 0. The number of nitrogens with zero attached hydrogens (tertiary/aromatic N) is 2. The van der Waals surface area contributed by atoms with Crippen LogP contribution in [0.15, 0.2) is 36.4 Å². The molecule has 170 valence electrons. The van der Waals surface area contributed by atoms with E-state index in [4.69, 9.17) is 5.73 Å². The molecule has 0 spiro atoms. The number of benzene rings is 2. The molecule has 0 radical (unpaired) electrons. The summed E-state index contributed by atoms with van der Waals surface area (Å²) >= 11 is 0. The van der Waals surface area contributed by atoms with E-state index in [0.717, 1.165) is 6.07 Å². The Bertz CT molecular complexity index is 1050. The van der Waals surface area contributed by atoms with Gasteiger partial charge in [0.05, 0.1) is 12.1 Å². The molecule has 0 aromatic heterocycles. The molecule has 2 saturated heterocycles. The largest absolute Gasteiger partial charge is 0.336 e. The zero-order chi connectivity index (χ0) is 23.0. The summed E-state index contributed by atoms with van der Waals surface area (Å²) in [5.74, 6) is -4.06. The molecule has 4 rings (SSSR count). The molecule has 2 heterocycles. The molecule has 0 aliphatic carbocycles. The van der Waals surface area contributed by atoms with Crippen LogP contribution < -0.4 is 11.1 Å². The number of amides is 3. The number of urea groups is 1. The number of rotatable bonds is 5. The predicted molar refractivity (Wildman–Crippen MR) is 109 cm³/mol. The number of fused-ring (bicyclic) bond motifs is 2. The van der Waals surface area contributed by atoms with Gasteiger partial charge in [0.15, 0.2) is 11.6 Å². The smallest absolute Gasteiger partial charge is 0.322 e. The van der Waals surface area contributed by atoms with Crippen molar-refractivity contribution in [3.63, 3.8) is 0 Å². The molecule has 2 aromatic carbocycles. The van der Waals surface area contributed by atoms with Gasteiger partial charge in [0.1, 0.15) is 11.6 Å². The number of nitrogens with two attached hydrogens (primary N) is 1. The monoisotopic (exact) mass is 450 g/mol. The van der Waals surface area contributed by atoms with Gasteiger partial charge in [-0.25, -0.2) is 22.4 Å². The highest BCUT2D eigenvalue weighted by Gasteiger charge is 2.47. The SMILES string of the molecule is N[C@@H](CC(=O)N1C[C@@H]2C[C@H]1CN2C(=O)Nc1cccc(F)c1)Cc1cc(F)c(F)cc1F. The van der Waals surface area contributed by atoms with E-state index < -0.39 is 29.3 Å². The van der Waals surface area contributed by atoms with Gasteiger partial charge in [-0.2, -0.15) is 0 Å². The van der Waals surface area contributed by atoms with E-state index in [1.54, 1.807) is 15.9 Å². The van der Waals surface area contributed by atoms with Gasteiger partial charge in [-0.1, -0.05) is 6.07 Å². The standard InChI is InChI=1S/C22H22F4N4O2/c23-13-2-1-3-15(6-13)28-22(32)30-11-16-8-17(30)10-29(16)21(31)7-14(27)4-12-5-19(25)20(26)9-18(12)24/h1-3,5-6,9,14,16-17H,4,7-8,10-11,27H2,(H,28,32)/t14-,16+,17+/m1/s1. The minimum Gasteiger partial charge on any atom is -0.336 e. The summed E-state index contributed by atoms with van der Waals surface area (Å²) in [6.07, 6.45) is 0.422. The number of hydrogen-bond acceptors (Lipinski definition) is 3. The Morgan fingerprint density at radius 2 is 1.69 bits per heavy atom. The number of likely N-dealkylation sites (tertiary alicyclic amines) is 2. The average molecular weight is 450 g/mol. The first kappa shape index (κ1) is 22.1. The van der Waals surface area contributed by atoms with E-state index >= 15 is 0 Å². The van der Waals surface area contributed by atoms with Gasteiger partial charge < -0.3 is 20.9 Å². The lowest BCUT2D eigenvalue weighted by Crippen LogP contribution is -2.52. The van der Waals surface area contributed by atoms with Crippen molar-refractivity contribution in [3.8, 4) is 0 Å². The maximum atomic E-state index is 13.8. The van der Waals surface area contributed by atoms with Gasteiger partial charge in [-0.05, 0) is 42.7 Å². The minimum absolute atomic E-state index is 0.0862. The van der Waals surface area contributed by atoms with Crippen molar-refractivity contribution in [2.45, 2.75) is 37.4 Å². The molecule has 2 fully saturated rings. The van der Waals surface area contributed by atoms with Gasteiger partial charge in [-0.15, -0.1) is 0 Å². The number of nitrogens with one attached hydrogen (secondary N) is 1. The lowest BCUT2D eigenvalue weighted by molar-refractivity contribution is -0.133. The van der Waals surface area contributed by atoms with E-state index in [2.05, 4.69) is 5.32 Å². The number of carbonyl (C=O) groups excluding carboxylic acids is 2. The zero-order valence-electron chi connectivity index (χ0n) is 17.0. The fraction of sp³-hybridized carbons (Fsp3) is 0.364. The topological polar surface area (TPSA) is 78.7 Å². The van der Waals surface area contributed by atoms with Gasteiger partial charge in [-0.3, -0.25) is 4.79 Å². The van der Waals surface area contributed by atoms with Crippen molar-refractivity contribution in [3.05, 3.63) is 65.2 Å². The van der Waals surface area contributed by atoms with Crippen LogP contribution in [-0.4, -0.2) is 53.0 Å². The highest BCUT2D eigenvalue weighted by atomic mass is 19.2. The number of carbonyl (C=O) groups is 2. The maximum Gasteiger partial charge on any atom is 0.322 e. The van der Waals surface area contributed by atoms with Crippen LogP contribution in [-0.2, 0) is 11.2 Å². The van der Waals surface area contributed by atoms with Crippen molar-refractivity contribution >= 4 is 17.6 Å². The van der Waals surface area contributed by atoms with E-state index in [-0.39, 0.29) is 42.4 Å². The summed E-state index contributed by atoms with van der Waals surface area (Å²) in [6.45, 7) is 0.678. The summed E-state index contributed by atoms with van der Waals surface area (Å²) in [4.78, 5) is 28.5. The molecule has 10 heteroatoms. The molecule has 2 aliphatic rings. The van der Waals surface area contributed by atoms with Gasteiger partial charge in [0.25, 0.3) is 0 Å². The lowest BCUT2D eigenvalue weighted by atomic mass is 10.0. The molecule has 2 bridgehead atoms. The van der Waals surface area contributed by atoms with Crippen molar-refractivity contribution < 1.29 is 27.2 Å². The second-order valence-corrected chi connectivity index (χ2v) is 8.21. The number of hydrogen-bond donors (Lipinski definition) is 2. The van der Waals surface area contributed by atoms with E-state index in [9.17, 15) is 27.2 Å². The molecular formula is C22H22F4N4O2. The van der Waals surface area contributed by atoms with Gasteiger partial charge in [0, 0.05) is 37.3 Å². The van der Waals surface area contributed by atoms with Crippen LogP contribution in [0.4, 0.5) is 28.0 Å². The normalized spacial score (nSPS) is 20.5. The molecule has 3 amide bonds. The van der Waals surface area contributed by atoms with Crippen LogP contribution in [0.3, 0.4) is 0 Å². The van der Waals surface area contributed by atoms with Crippen LogP contribution in [0.5, 0.6) is 0 Å². The third kappa shape index (κ3) is 4.55. The zero-order valence-corrected chi connectivity index (χ0v) is 17.0. The third-order valence-electron chi connectivity index (χ3n) is 5.91. The van der Waals surface area contributed by atoms with Crippen LogP contribution >= 0.6 is 0 Å². The highest BCUT2D eigenvalue weighted by molar-refractivity contribution is 5.90. The van der Waals surface area contributed by atoms with Crippen LogP contribution in [0.2, 0.25) is 0 Å². The van der Waals surface area contributed by atoms with Crippen molar-refractivity contribution in [1.82, 2.24) is 9.80 Å². The van der Waals surface area contributed by atoms with Crippen molar-refractivity contribution in [2.75, 3.05) is 18.4 Å². The molecular weight excluding hydrogens is 428 g/mol. The quantitative estimate of drug-likeness (QED) is 0.543. The van der Waals surface area contributed by atoms with E-state index in [0.29, 0.717) is 31.3 Å². The van der Waals surface area contributed by atoms with Crippen molar-refractivity contribution in [1.29, 1.82) is 0 Å². The summed E-state index contributed by atoms with van der Waals surface area (Å²) < 4.78 is 53.6. The summed E-state index contributed by atoms with van der Waals surface area (Å²) in [5, 5.41) is 2.66. The second-order valence-electron chi connectivity index (χ2n) is 8.21. The molecule has 3 N–H and O–H groups in total. The third-order valence-corrected chi connectivity index (χ3v) is 5.91. The van der Waals surface area contributed by atoms with Crippen LogP contribution in [0.25, 0.3) is 0 Å². The average Bonchev–Trinajstić information content (AvgIpc) is 3.33. The molecule has 6 nitrogen and oxygen atoms in total. The Morgan fingerprint density at radius 3 is 2.38 bits per heavy atom. The van der Waals surface area contributed by atoms with E-state index in [1.807, 2.05) is 0 Å². The van der Waals surface area contributed by atoms with Crippen LogP contribution in [0, 0.1) is 23.3 Å². The fourth-order valence-electron chi connectivity index (χ4n) is 4.40. The Kier molecular flexibility index (Phi) is 6.05. The van der Waals surface area contributed by atoms with Gasteiger partial charge >= 0.3 is 6.03 Å². The molecule has 2 aliphatic heterocycles. The fourth-order valence-corrected chi connectivity index (χ4v) is 4.40. The highest BCUT2D eigenvalue weighted by Crippen LogP contribution is 2.32. The van der Waals surface area contributed by atoms with E-state index in [1.165, 1.54) is 18.2 Å². The second kappa shape index (κ2) is 8.78. The first-order valence-corrected chi connectivity index (χ1v) is 10.2. The maximum absolute atomic E-state index is 13.8. The predicted octanol–water partition coefficient (Wildman–Crippen LogP) is 3.02. The molecule has 32 heavy (non-hydrogen) atoms. The van der Waals surface area contributed by atoms with Crippen molar-refractivity contribution in [2.24, 2.45) is 5.73 Å². The lowest BCUT2D eigenvalue weighted by Gasteiger charge is -2.34. The van der Waals surface area contributed by atoms with Gasteiger partial charge in [0.2, 0.25) is 5.91 Å². The molecule has 2 aromatic rings. The minimum atomic E-state index is -1.28. The summed E-state index contributed by atoms with van der Waals surface area (Å²) in [6, 6.07) is 5.33. The summed E-state index contributed by atoms with van der Waals surface area (Å²) in [5.41, 5.74) is 6.23. The van der Waals surface area contributed by atoms with Crippen LogP contribution in [0.1, 0.15) is 18.4 Å². The molecule has 0 saturated carbocycles. The Balaban J connectivity index is 1.31. The molecule has 0 unspecified atom stereocenters. The first-order valence-electron chi connectivity index (χ1n) is 10.2. The number of halogens is 4. The first-order chi connectivity index (χ1) is 15.2. The number of anilines is 1. The Hall–Kier alpha value is -3.14. The Morgan fingerprint density at radius 1 is 1.00 bits per heavy atom. The number of piperazine rings is 1. The Labute approximate surface area is 182 Å².